The second-order valence-corrected chi connectivity index (χ2v) is 8.82. The summed E-state index contributed by atoms with van der Waals surface area (Å²) in [6, 6.07) is 15.2. The Hall–Kier alpha value is -3.12. The maximum atomic E-state index is 13.2. The van der Waals surface area contributed by atoms with E-state index in [1.165, 1.54) is 0 Å². The summed E-state index contributed by atoms with van der Waals surface area (Å²) in [5.74, 6) is 0.384. The SMILES string of the molecule is O=C(Nc1ccc2c(c1)C(=O)N1CCCC[C@@H]1CCO2)c1ccc(-c2ccsc2)cc1. The Morgan fingerprint density at radius 3 is 2.71 bits per heavy atom. The van der Waals surface area contributed by atoms with Gasteiger partial charge in [-0.3, -0.25) is 9.59 Å². The van der Waals surface area contributed by atoms with Crippen LogP contribution in [0.25, 0.3) is 11.1 Å². The zero-order valence-electron chi connectivity index (χ0n) is 17.2. The van der Waals surface area contributed by atoms with Gasteiger partial charge in [-0.25, -0.2) is 0 Å². The number of rotatable bonds is 3. The lowest BCUT2D eigenvalue weighted by Gasteiger charge is -2.37. The van der Waals surface area contributed by atoms with E-state index in [2.05, 4.69) is 16.8 Å². The molecule has 2 amide bonds. The van der Waals surface area contributed by atoms with Crippen molar-refractivity contribution in [2.24, 2.45) is 0 Å². The second kappa shape index (κ2) is 8.55. The summed E-state index contributed by atoms with van der Waals surface area (Å²) in [5.41, 5.74) is 3.92. The van der Waals surface area contributed by atoms with Gasteiger partial charge in [0.1, 0.15) is 5.75 Å². The standard InChI is InChI=1S/C25H24N2O3S/c28-24(18-6-4-17(5-7-18)19-11-14-31-16-19)26-20-8-9-23-22(15-20)25(29)27-12-2-1-3-21(27)10-13-30-23/h4-9,11,14-16,21H,1-3,10,12-13H2,(H,26,28)/t21-/m1/s1. The van der Waals surface area contributed by atoms with E-state index in [9.17, 15) is 9.59 Å². The van der Waals surface area contributed by atoms with Gasteiger partial charge in [0.25, 0.3) is 11.8 Å². The van der Waals surface area contributed by atoms with Crippen LogP contribution in [-0.4, -0.2) is 35.9 Å². The van der Waals surface area contributed by atoms with Gasteiger partial charge in [0.2, 0.25) is 0 Å². The number of amides is 2. The number of ether oxygens (including phenoxy) is 1. The van der Waals surface area contributed by atoms with Crippen LogP contribution in [0.5, 0.6) is 5.75 Å². The second-order valence-electron chi connectivity index (χ2n) is 8.04. The summed E-state index contributed by atoms with van der Waals surface area (Å²) in [4.78, 5) is 28.0. The smallest absolute Gasteiger partial charge is 0.257 e. The van der Waals surface area contributed by atoms with Crippen LogP contribution in [0.3, 0.4) is 0 Å². The van der Waals surface area contributed by atoms with Gasteiger partial charge in [-0.15, -0.1) is 0 Å². The van der Waals surface area contributed by atoms with Gasteiger partial charge in [0.15, 0.2) is 0 Å². The van der Waals surface area contributed by atoms with Gasteiger partial charge in [0.05, 0.1) is 12.2 Å². The summed E-state index contributed by atoms with van der Waals surface area (Å²) in [5, 5.41) is 7.05. The van der Waals surface area contributed by atoms with E-state index in [1.807, 2.05) is 34.5 Å². The highest BCUT2D eigenvalue weighted by Crippen LogP contribution is 2.31. The molecule has 0 unspecified atom stereocenters. The van der Waals surface area contributed by atoms with E-state index in [0.29, 0.717) is 29.2 Å². The van der Waals surface area contributed by atoms with Gasteiger partial charge in [0, 0.05) is 30.3 Å². The Morgan fingerprint density at radius 1 is 1.03 bits per heavy atom. The third-order valence-electron chi connectivity index (χ3n) is 6.07. The van der Waals surface area contributed by atoms with Crippen molar-refractivity contribution in [3.05, 3.63) is 70.4 Å². The van der Waals surface area contributed by atoms with Crippen LogP contribution in [0.2, 0.25) is 0 Å². The van der Waals surface area contributed by atoms with Crippen molar-refractivity contribution in [3.8, 4) is 16.9 Å². The minimum Gasteiger partial charge on any atom is -0.493 e. The summed E-state index contributed by atoms with van der Waals surface area (Å²) >= 11 is 1.65. The summed E-state index contributed by atoms with van der Waals surface area (Å²) in [6.45, 7) is 1.39. The fourth-order valence-electron chi connectivity index (χ4n) is 4.37. The molecule has 1 fully saturated rings. The summed E-state index contributed by atoms with van der Waals surface area (Å²) < 4.78 is 5.88. The molecule has 0 radical (unpaired) electrons. The Morgan fingerprint density at radius 2 is 1.90 bits per heavy atom. The first kappa shape index (κ1) is 19.8. The molecule has 3 aromatic rings. The van der Waals surface area contributed by atoms with Crippen LogP contribution in [0.1, 0.15) is 46.4 Å². The topological polar surface area (TPSA) is 58.6 Å². The van der Waals surface area contributed by atoms with Crippen molar-refractivity contribution in [1.82, 2.24) is 4.90 Å². The number of hydrogen-bond acceptors (Lipinski definition) is 4. The number of carbonyl (C=O) groups excluding carboxylic acids is 2. The molecule has 31 heavy (non-hydrogen) atoms. The number of hydrogen-bond donors (Lipinski definition) is 1. The fourth-order valence-corrected chi connectivity index (χ4v) is 5.04. The predicted octanol–water partition coefficient (Wildman–Crippen LogP) is 5.44. The van der Waals surface area contributed by atoms with E-state index in [0.717, 1.165) is 43.4 Å². The first-order chi connectivity index (χ1) is 15.2. The van der Waals surface area contributed by atoms with E-state index in [1.54, 1.807) is 29.5 Å². The molecule has 3 heterocycles. The number of anilines is 1. The monoisotopic (exact) mass is 432 g/mol. The lowest BCUT2D eigenvalue weighted by atomic mass is 9.97. The molecule has 5 nitrogen and oxygen atoms in total. The molecular weight excluding hydrogens is 408 g/mol. The Kier molecular flexibility index (Phi) is 5.47. The van der Waals surface area contributed by atoms with E-state index >= 15 is 0 Å². The Labute approximate surface area is 185 Å². The zero-order chi connectivity index (χ0) is 21.2. The summed E-state index contributed by atoms with van der Waals surface area (Å²) in [6.07, 6.45) is 4.09. The van der Waals surface area contributed by atoms with Crippen LogP contribution in [0, 0.1) is 0 Å². The normalized spacial score (nSPS) is 18.3. The molecule has 1 aromatic heterocycles. The van der Waals surface area contributed by atoms with Gasteiger partial charge in [-0.2, -0.15) is 11.3 Å². The zero-order valence-corrected chi connectivity index (χ0v) is 18.0. The molecule has 0 spiro atoms. The number of thiophene rings is 1. The molecule has 5 rings (SSSR count). The molecule has 0 bridgehead atoms. The van der Waals surface area contributed by atoms with Crippen molar-refractivity contribution in [2.45, 2.75) is 31.7 Å². The van der Waals surface area contributed by atoms with E-state index in [-0.39, 0.29) is 17.9 Å². The highest BCUT2D eigenvalue weighted by atomic mass is 32.1. The third-order valence-corrected chi connectivity index (χ3v) is 6.75. The van der Waals surface area contributed by atoms with Crippen LogP contribution < -0.4 is 10.1 Å². The number of carbonyl (C=O) groups is 2. The maximum absolute atomic E-state index is 13.2. The predicted molar refractivity (Wildman–Crippen MR) is 123 cm³/mol. The number of benzene rings is 2. The van der Waals surface area contributed by atoms with Crippen LogP contribution in [-0.2, 0) is 0 Å². The van der Waals surface area contributed by atoms with Crippen molar-refractivity contribution < 1.29 is 14.3 Å². The number of piperidine rings is 1. The van der Waals surface area contributed by atoms with E-state index < -0.39 is 0 Å². The molecule has 1 saturated heterocycles. The maximum Gasteiger partial charge on any atom is 0.257 e. The largest absolute Gasteiger partial charge is 0.493 e. The highest BCUT2D eigenvalue weighted by molar-refractivity contribution is 7.08. The van der Waals surface area contributed by atoms with Crippen LogP contribution >= 0.6 is 11.3 Å². The lowest BCUT2D eigenvalue weighted by Crippen LogP contribution is -2.45. The molecule has 2 aliphatic rings. The van der Waals surface area contributed by atoms with Gasteiger partial charge in [-0.1, -0.05) is 12.1 Å². The molecule has 2 aliphatic heterocycles. The van der Waals surface area contributed by atoms with Crippen molar-refractivity contribution in [3.63, 3.8) is 0 Å². The molecule has 0 aliphatic carbocycles. The average molecular weight is 433 g/mol. The molecule has 2 aromatic carbocycles. The van der Waals surface area contributed by atoms with Gasteiger partial charge < -0.3 is 15.0 Å². The number of fused-ring (bicyclic) bond motifs is 2. The molecular formula is C25H24N2O3S. The fraction of sp³-hybridized carbons (Fsp3) is 0.280. The van der Waals surface area contributed by atoms with Gasteiger partial charge >= 0.3 is 0 Å². The molecule has 6 heteroatoms. The van der Waals surface area contributed by atoms with Crippen molar-refractivity contribution in [1.29, 1.82) is 0 Å². The van der Waals surface area contributed by atoms with Crippen LogP contribution in [0.15, 0.2) is 59.3 Å². The third kappa shape index (κ3) is 4.08. The Bertz CT molecular complexity index is 1090. The molecule has 158 valence electrons. The quantitative estimate of drug-likeness (QED) is 0.599. The average Bonchev–Trinajstić information content (AvgIpc) is 3.34. The van der Waals surface area contributed by atoms with E-state index in [4.69, 9.17) is 4.74 Å². The van der Waals surface area contributed by atoms with Crippen molar-refractivity contribution >= 4 is 28.8 Å². The minimum absolute atomic E-state index is 0.00406. The van der Waals surface area contributed by atoms with Crippen LogP contribution in [0.4, 0.5) is 5.69 Å². The number of nitrogens with one attached hydrogen (secondary N) is 1. The lowest BCUT2D eigenvalue weighted by molar-refractivity contribution is 0.0548. The first-order valence-electron chi connectivity index (χ1n) is 10.7. The number of nitrogens with zero attached hydrogens (tertiary/aromatic N) is 1. The van der Waals surface area contributed by atoms with Gasteiger partial charge in [-0.05, 0) is 77.5 Å². The highest BCUT2D eigenvalue weighted by Gasteiger charge is 2.31. The Balaban J connectivity index is 1.35. The molecule has 1 atom stereocenters. The molecule has 1 N–H and O–H groups in total. The molecule has 0 saturated carbocycles. The summed E-state index contributed by atoms with van der Waals surface area (Å²) in [7, 11) is 0. The first-order valence-corrected chi connectivity index (χ1v) is 11.6. The van der Waals surface area contributed by atoms with Crippen molar-refractivity contribution in [2.75, 3.05) is 18.5 Å². The minimum atomic E-state index is -0.202.